The zero-order chi connectivity index (χ0) is 15.1. The Morgan fingerprint density at radius 2 is 1.81 bits per heavy atom. The Balaban J connectivity index is 1.68. The Morgan fingerprint density at radius 3 is 2.38 bits per heavy atom. The summed E-state index contributed by atoms with van der Waals surface area (Å²) in [5.74, 6) is 0.170. The number of piperazine rings is 1. The average molecular weight is 292 g/mol. The van der Waals surface area contributed by atoms with E-state index in [0.717, 1.165) is 39.0 Å². The molecule has 0 aromatic rings. The molecular formula is C16H28N4O. The first-order chi connectivity index (χ1) is 10.2. The molecule has 1 unspecified atom stereocenters. The Labute approximate surface area is 128 Å². The van der Waals surface area contributed by atoms with Gasteiger partial charge in [0.2, 0.25) is 5.91 Å². The number of hydrogen-bond acceptors (Lipinski definition) is 4. The van der Waals surface area contributed by atoms with Gasteiger partial charge in [0.25, 0.3) is 0 Å². The molecule has 2 aliphatic rings. The van der Waals surface area contributed by atoms with Crippen molar-refractivity contribution in [1.82, 2.24) is 15.1 Å². The van der Waals surface area contributed by atoms with Crippen molar-refractivity contribution in [1.29, 1.82) is 5.26 Å². The van der Waals surface area contributed by atoms with E-state index in [-0.39, 0.29) is 11.9 Å². The molecule has 1 amide bonds. The highest BCUT2D eigenvalue weighted by Crippen LogP contribution is 2.17. The molecule has 2 fully saturated rings. The van der Waals surface area contributed by atoms with Gasteiger partial charge in [-0.05, 0) is 19.8 Å². The van der Waals surface area contributed by atoms with Gasteiger partial charge in [-0.25, -0.2) is 0 Å². The largest absolute Gasteiger partial charge is 0.352 e. The summed E-state index contributed by atoms with van der Waals surface area (Å²) in [6, 6.07) is 2.65. The highest BCUT2D eigenvalue weighted by molar-refractivity contribution is 5.78. The van der Waals surface area contributed by atoms with Crippen LogP contribution in [0.25, 0.3) is 0 Å². The lowest BCUT2D eigenvalue weighted by Gasteiger charge is -2.35. The monoisotopic (exact) mass is 292 g/mol. The van der Waals surface area contributed by atoms with E-state index >= 15 is 0 Å². The molecule has 1 aliphatic heterocycles. The fourth-order valence-corrected chi connectivity index (χ4v) is 3.29. The number of amides is 1. The van der Waals surface area contributed by atoms with Crippen LogP contribution in [0.1, 0.15) is 45.4 Å². The minimum Gasteiger partial charge on any atom is -0.352 e. The van der Waals surface area contributed by atoms with E-state index < -0.39 is 0 Å². The number of nitriles is 1. The molecule has 21 heavy (non-hydrogen) atoms. The highest BCUT2D eigenvalue weighted by atomic mass is 16.2. The van der Waals surface area contributed by atoms with Gasteiger partial charge in [-0.15, -0.1) is 0 Å². The first kappa shape index (κ1) is 16.3. The van der Waals surface area contributed by atoms with Gasteiger partial charge in [0.05, 0.1) is 18.7 Å². The number of rotatable bonds is 4. The van der Waals surface area contributed by atoms with E-state index in [9.17, 15) is 4.79 Å². The number of nitrogens with zero attached hydrogens (tertiary/aromatic N) is 3. The number of carbonyl (C=O) groups is 1. The van der Waals surface area contributed by atoms with Crippen LogP contribution in [0.5, 0.6) is 0 Å². The van der Waals surface area contributed by atoms with Crippen LogP contribution in [0.15, 0.2) is 0 Å². The third-order valence-corrected chi connectivity index (χ3v) is 4.73. The summed E-state index contributed by atoms with van der Waals surface area (Å²) in [6.45, 7) is 5.96. The van der Waals surface area contributed by atoms with Crippen molar-refractivity contribution < 1.29 is 4.79 Å². The molecule has 5 heteroatoms. The summed E-state index contributed by atoms with van der Waals surface area (Å²) in [7, 11) is 0. The minimum absolute atomic E-state index is 0.0213. The van der Waals surface area contributed by atoms with E-state index in [1.54, 1.807) is 0 Å². The molecule has 0 spiro atoms. The first-order valence-electron chi connectivity index (χ1n) is 8.34. The molecule has 0 aromatic heterocycles. The molecule has 0 bridgehead atoms. The summed E-state index contributed by atoms with van der Waals surface area (Å²) in [6.07, 6.45) is 7.39. The maximum Gasteiger partial charge on any atom is 0.234 e. The molecule has 1 saturated heterocycles. The lowest BCUT2D eigenvalue weighted by Crippen LogP contribution is -2.52. The highest BCUT2D eigenvalue weighted by Gasteiger charge is 2.23. The normalized spacial score (nSPS) is 24.0. The van der Waals surface area contributed by atoms with Crippen LogP contribution in [0.2, 0.25) is 0 Å². The van der Waals surface area contributed by atoms with Crippen LogP contribution < -0.4 is 5.32 Å². The van der Waals surface area contributed by atoms with Crippen molar-refractivity contribution in [3.63, 3.8) is 0 Å². The van der Waals surface area contributed by atoms with Crippen LogP contribution in [-0.2, 0) is 4.79 Å². The summed E-state index contributed by atoms with van der Waals surface area (Å²) >= 11 is 0. The Morgan fingerprint density at radius 1 is 1.19 bits per heavy atom. The van der Waals surface area contributed by atoms with E-state index in [1.807, 2.05) is 6.92 Å². The lowest BCUT2D eigenvalue weighted by molar-refractivity contribution is -0.123. The van der Waals surface area contributed by atoms with Crippen molar-refractivity contribution >= 4 is 5.91 Å². The second-order valence-corrected chi connectivity index (χ2v) is 6.37. The summed E-state index contributed by atoms with van der Waals surface area (Å²) in [4.78, 5) is 16.5. The van der Waals surface area contributed by atoms with E-state index in [4.69, 9.17) is 5.26 Å². The van der Waals surface area contributed by atoms with Crippen LogP contribution >= 0.6 is 0 Å². The van der Waals surface area contributed by atoms with Crippen LogP contribution in [0.4, 0.5) is 0 Å². The van der Waals surface area contributed by atoms with Crippen molar-refractivity contribution in [2.24, 2.45) is 0 Å². The molecular weight excluding hydrogens is 264 g/mol. The second-order valence-electron chi connectivity index (χ2n) is 6.37. The second kappa shape index (κ2) is 8.35. The SMILES string of the molecule is CC(C#N)N1CCN(CC(=O)NC2CCCCCC2)CC1. The zero-order valence-corrected chi connectivity index (χ0v) is 13.2. The smallest absolute Gasteiger partial charge is 0.234 e. The molecule has 1 atom stereocenters. The first-order valence-corrected chi connectivity index (χ1v) is 8.34. The minimum atomic E-state index is -0.0213. The molecule has 1 N–H and O–H groups in total. The van der Waals surface area contributed by atoms with Gasteiger partial charge in [0.15, 0.2) is 0 Å². The van der Waals surface area contributed by atoms with Crippen LogP contribution in [0, 0.1) is 11.3 Å². The molecule has 1 aliphatic carbocycles. The van der Waals surface area contributed by atoms with Crippen LogP contribution in [-0.4, -0.2) is 60.5 Å². The predicted molar refractivity (Wildman–Crippen MR) is 82.7 cm³/mol. The molecule has 0 aromatic carbocycles. The average Bonchev–Trinajstić information content (AvgIpc) is 2.75. The van der Waals surface area contributed by atoms with Gasteiger partial charge in [0.1, 0.15) is 0 Å². The summed E-state index contributed by atoms with van der Waals surface area (Å²) in [5.41, 5.74) is 0. The van der Waals surface area contributed by atoms with Gasteiger partial charge in [-0.1, -0.05) is 25.7 Å². The van der Waals surface area contributed by atoms with E-state index in [1.165, 1.54) is 25.7 Å². The molecule has 0 radical (unpaired) electrons. The van der Waals surface area contributed by atoms with Gasteiger partial charge in [0, 0.05) is 32.2 Å². The van der Waals surface area contributed by atoms with E-state index in [0.29, 0.717) is 12.6 Å². The maximum absolute atomic E-state index is 12.1. The number of hydrogen-bond donors (Lipinski definition) is 1. The van der Waals surface area contributed by atoms with Crippen LogP contribution in [0.3, 0.4) is 0 Å². The molecule has 118 valence electrons. The predicted octanol–water partition coefficient (Wildman–Crippen LogP) is 1.36. The standard InChI is InChI=1S/C16H28N4O/c1-14(12-17)20-10-8-19(9-11-20)13-16(21)18-15-6-4-2-3-5-7-15/h14-15H,2-11,13H2,1H3,(H,18,21). The van der Waals surface area contributed by atoms with Crippen molar-refractivity contribution in [2.45, 2.75) is 57.5 Å². The maximum atomic E-state index is 12.1. The van der Waals surface area contributed by atoms with Gasteiger partial charge >= 0.3 is 0 Å². The van der Waals surface area contributed by atoms with Crippen molar-refractivity contribution in [3.05, 3.63) is 0 Å². The number of nitrogens with one attached hydrogen (secondary N) is 1. The summed E-state index contributed by atoms with van der Waals surface area (Å²) in [5, 5.41) is 12.1. The zero-order valence-electron chi connectivity index (χ0n) is 13.2. The van der Waals surface area contributed by atoms with Crippen molar-refractivity contribution in [2.75, 3.05) is 32.7 Å². The Hall–Kier alpha value is -1.12. The third kappa shape index (κ3) is 5.29. The molecule has 2 rings (SSSR count). The van der Waals surface area contributed by atoms with E-state index in [2.05, 4.69) is 21.2 Å². The molecule has 1 saturated carbocycles. The molecule has 5 nitrogen and oxygen atoms in total. The summed E-state index contributed by atoms with van der Waals surface area (Å²) < 4.78 is 0. The van der Waals surface area contributed by atoms with Gasteiger partial charge in [-0.3, -0.25) is 14.6 Å². The molecule has 1 heterocycles. The fourth-order valence-electron chi connectivity index (χ4n) is 3.29. The topological polar surface area (TPSA) is 59.4 Å². The van der Waals surface area contributed by atoms with Crippen molar-refractivity contribution in [3.8, 4) is 6.07 Å². The Kier molecular flexibility index (Phi) is 6.47. The van der Waals surface area contributed by atoms with Gasteiger partial charge < -0.3 is 5.32 Å². The van der Waals surface area contributed by atoms with Gasteiger partial charge in [-0.2, -0.15) is 5.26 Å². The fraction of sp³-hybridized carbons (Fsp3) is 0.875. The third-order valence-electron chi connectivity index (χ3n) is 4.73. The Bertz CT molecular complexity index is 363. The number of carbonyl (C=O) groups excluding carboxylic acids is 1. The lowest BCUT2D eigenvalue weighted by atomic mass is 10.1. The quantitative estimate of drug-likeness (QED) is 0.795.